The Morgan fingerprint density at radius 3 is 3.00 bits per heavy atom. The van der Waals surface area contributed by atoms with Gasteiger partial charge in [0.2, 0.25) is 5.91 Å². The van der Waals surface area contributed by atoms with Crippen molar-refractivity contribution in [2.45, 2.75) is 31.6 Å². The van der Waals surface area contributed by atoms with Crippen LogP contribution in [0.3, 0.4) is 0 Å². The van der Waals surface area contributed by atoms with Gasteiger partial charge in [-0.2, -0.15) is 0 Å². The summed E-state index contributed by atoms with van der Waals surface area (Å²) >= 11 is 0. The first-order valence-corrected chi connectivity index (χ1v) is 7.63. The molecule has 0 bridgehead atoms. The highest BCUT2D eigenvalue weighted by atomic mass is 16.5. The van der Waals surface area contributed by atoms with Gasteiger partial charge in [0, 0.05) is 19.5 Å². The van der Waals surface area contributed by atoms with Gasteiger partial charge in [-0.25, -0.2) is 4.68 Å². The van der Waals surface area contributed by atoms with Crippen molar-refractivity contribution in [3.63, 3.8) is 0 Å². The minimum absolute atomic E-state index is 0.0369. The first-order valence-electron chi connectivity index (χ1n) is 7.63. The maximum absolute atomic E-state index is 12.4. The van der Waals surface area contributed by atoms with Crippen molar-refractivity contribution < 1.29 is 9.53 Å². The molecular formula is C16H18N4O2. The largest absolute Gasteiger partial charge is 0.368 e. The average molecular weight is 298 g/mol. The molecule has 2 aliphatic rings. The summed E-state index contributed by atoms with van der Waals surface area (Å²) in [4.78, 5) is 14.3. The number of ether oxygens (including phenoxy) is 1. The fourth-order valence-corrected chi connectivity index (χ4v) is 3.25. The summed E-state index contributed by atoms with van der Waals surface area (Å²) in [6, 6.07) is 10.2. The Morgan fingerprint density at radius 1 is 1.27 bits per heavy atom. The number of likely N-dealkylation sites (tertiary alicyclic amines) is 1. The molecule has 1 amide bonds. The SMILES string of the molecule is O=C(CCc1ccccc1)N1C[C@@H]2[C@@H](C1)OCc1cnnn12. The predicted octanol–water partition coefficient (Wildman–Crippen LogP) is 1.19. The van der Waals surface area contributed by atoms with E-state index < -0.39 is 0 Å². The summed E-state index contributed by atoms with van der Waals surface area (Å²) in [5, 5.41) is 8.08. The number of carbonyl (C=O) groups is 1. The van der Waals surface area contributed by atoms with Gasteiger partial charge in [0.25, 0.3) is 0 Å². The summed E-state index contributed by atoms with van der Waals surface area (Å²) in [5.74, 6) is 0.184. The van der Waals surface area contributed by atoms with E-state index in [0.29, 0.717) is 26.1 Å². The van der Waals surface area contributed by atoms with Crippen molar-refractivity contribution >= 4 is 5.91 Å². The van der Waals surface area contributed by atoms with Crippen LogP contribution in [0, 0.1) is 0 Å². The normalized spacial score (nSPS) is 23.2. The van der Waals surface area contributed by atoms with Gasteiger partial charge in [-0.3, -0.25) is 4.79 Å². The van der Waals surface area contributed by atoms with Gasteiger partial charge in [-0.05, 0) is 12.0 Å². The van der Waals surface area contributed by atoms with Crippen LogP contribution >= 0.6 is 0 Å². The molecule has 1 fully saturated rings. The van der Waals surface area contributed by atoms with Crippen LogP contribution in [-0.4, -0.2) is 45.0 Å². The minimum Gasteiger partial charge on any atom is -0.368 e. The number of fused-ring (bicyclic) bond motifs is 3. The second-order valence-corrected chi connectivity index (χ2v) is 5.87. The molecule has 1 aromatic heterocycles. The van der Waals surface area contributed by atoms with Crippen LogP contribution in [0.4, 0.5) is 0 Å². The molecule has 0 unspecified atom stereocenters. The minimum atomic E-state index is 0.0369. The van der Waals surface area contributed by atoms with Crippen molar-refractivity contribution in [3.8, 4) is 0 Å². The Hall–Kier alpha value is -2.21. The van der Waals surface area contributed by atoms with Crippen LogP contribution in [0.1, 0.15) is 23.7 Å². The Kier molecular flexibility index (Phi) is 3.38. The second-order valence-electron chi connectivity index (χ2n) is 5.87. The summed E-state index contributed by atoms with van der Waals surface area (Å²) in [6.45, 7) is 1.84. The van der Waals surface area contributed by atoms with E-state index in [1.807, 2.05) is 27.8 Å². The van der Waals surface area contributed by atoms with Crippen molar-refractivity contribution in [2.24, 2.45) is 0 Å². The van der Waals surface area contributed by atoms with Gasteiger partial charge in [-0.15, -0.1) is 5.10 Å². The maximum Gasteiger partial charge on any atom is 0.223 e. The van der Waals surface area contributed by atoms with Crippen LogP contribution in [0.5, 0.6) is 0 Å². The molecule has 1 aromatic carbocycles. The van der Waals surface area contributed by atoms with Crippen molar-refractivity contribution in [3.05, 3.63) is 47.8 Å². The molecule has 0 N–H and O–H groups in total. The molecule has 114 valence electrons. The molecule has 0 aliphatic carbocycles. The molecule has 2 aliphatic heterocycles. The molecule has 4 rings (SSSR count). The van der Waals surface area contributed by atoms with Gasteiger partial charge in [-0.1, -0.05) is 35.5 Å². The van der Waals surface area contributed by atoms with Crippen molar-refractivity contribution in [1.29, 1.82) is 0 Å². The third kappa shape index (κ3) is 2.39. The van der Waals surface area contributed by atoms with Gasteiger partial charge >= 0.3 is 0 Å². The lowest BCUT2D eigenvalue weighted by Crippen LogP contribution is -2.32. The lowest BCUT2D eigenvalue weighted by Gasteiger charge is -2.25. The van der Waals surface area contributed by atoms with Gasteiger partial charge < -0.3 is 9.64 Å². The van der Waals surface area contributed by atoms with Gasteiger partial charge in [0.05, 0.1) is 30.6 Å². The second kappa shape index (κ2) is 5.53. The molecule has 1 saturated heterocycles. The smallest absolute Gasteiger partial charge is 0.223 e. The number of hydrogen-bond acceptors (Lipinski definition) is 4. The van der Waals surface area contributed by atoms with Crippen LogP contribution in [0.15, 0.2) is 36.5 Å². The Bertz CT molecular complexity index is 670. The first kappa shape index (κ1) is 13.5. The summed E-state index contributed by atoms with van der Waals surface area (Å²) in [5.41, 5.74) is 2.18. The van der Waals surface area contributed by atoms with E-state index in [-0.39, 0.29) is 18.1 Å². The number of nitrogens with zero attached hydrogens (tertiary/aromatic N) is 4. The topological polar surface area (TPSA) is 60.3 Å². The molecule has 2 aromatic rings. The maximum atomic E-state index is 12.4. The van der Waals surface area contributed by atoms with E-state index in [4.69, 9.17) is 4.74 Å². The van der Waals surface area contributed by atoms with Crippen LogP contribution in [0.2, 0.25) is 0 Å². The van der Waals surface area contributed by atoms with Gasteiger partial charge in [0.15, 0.2) is 0 Å². The highest BCUT2D eigenvalue weighted by Gasteiger charge is 2.40. The summed E-state index contributed by atoms with van der Waals surface area (Å²) < 4.78 is 7.75. The Morgan fingerprint density at radius 2 is 2.14 bits per heavy atom. The zero-order valence-electron chi connectivity index (χ0n) is 12.3. The number of aromatic nitrogens is 3. The van der Waals surface area contributed by atoms with Crippen LogP contribution in [0.25, 0.3) is 0 Å². The predicted molar refractivity (Wildman–Crippen MR) is 79.0 cm³/mol. The lowest BCUT2D eigenvalue weighted by molar-refractivity contribution is -0.130. The molecule has 0 radical (unpaired) electrons. The first-order chi connectivity index (χ1) is 10.8. The van der Waals surface area contributed by atoms with Crippen molar-refractivity contribution in [1.82, 2.24) is 19.9 Å². The van der Waals surface area contributed by atoms with E-state index in [0.717, 1.165) is 12.1 Å². The fraction of sp³-hybridized carbons (Fsp3) is 0.438. The molecule has 3 heterocycles. The summed E-state index contributed by atoms with van der Waals surface area (Å²) in [6.07, 6.45) is 3.08. The van der Waals surface area contributed by atoms with Gasteiger partial charge in [0.1, 0.15) is 0 Å². The average Bonchev–Trinajstić information content (AvgIpc) is 3.19. The Balaban J connectivity index is 1.40. The fourth-order valence-electron chi connectivity index (χ4n) is 3.25. The molecule has 0 spiro atoms. The number of hydrogen-bond donors (Lipinski definition) is 0. The molecule has 2 atom stereocenters. The van der Waals surface area contributed by atoms with E-state index >= 15 is 0 Å². The third-order valence-corrected chi connectivity index (χ3v) is 4.47. The Labute approximate surface area is 128 Å². The number of rotatable bonds is 3. The zero-order chi connectivity index (χ0) is 14.9. The lowest BCUT2D eigenvalue weighted by atomic mass is 10.1. The molecule has 6 heteroatoms. The number of benzene rings is 1. The standard InChI is InChI=1S/C16H18N4O2/c21-16(7-6-12-4-2-1-3-5-12)19-9-14-15(10-19)22-11-13-8-17-18-20(13)14/h1-5,8,14-15H,6-7,9-11H2/t14-,15-/m1/s1. The third-order valence-electron chi connectivity index (χ3n) is 4.47. The molecule has 6 nitrogen and oxygen atoms in total. The number of aryl methyl sites for hydroxylation is 1. The zero-order valence-corrected chi connectivity index (χ0v) is 12.3. The van der Waals surface area contributed by atoms with Crippen LogP contribution in [-0.2, 0) is 22.6 Å². The molecular weight excluding hydrogens is 280 g/mol. The van der Waals surface area contributed by atoms with E-state index in [1.165, 1.54) is 5.56 Å². The highest BCUT2D eigenvalue weighted by Crippen LogP contribution is 2.30. The van der Waals surface area contributed by atoms with Crippen LogP contribution < -0.4 is 0 Å². The number of amides is 1. The quantitative estimate of drug-likeness (QED) is 0.854. The van der Waals surface area contributed by atoms with Crippen molar-refractivity contribution in [2.75, 3.05) is 13.1 Å². The van der Waals surface area contributed by atoms with E-state index in [2.05, 4.69) is 22.4 Å². The van der Waals surface area contributed by atoms with E-state index in [9.17, 15) is 4.79 Å². The molecule has 22 heavy (non-hydrogen) atoms. The number of carbonyl (C=O) groups excluding carboxylic acids is 1. The summed E-state index contributed by atoms with van der Waals surface area (Å²) in [7, 11) is 0. The highest BCUT2D eigenvalue weighted by molar-refractivity contribution is 5.77. The molecule has 0 saturated carbocycles. The van der Waals surface area contributed by atoms with E-state index in [1.54, 1.807) is 6.20 Å². The monoisotopic (exact) mass is 298 g/mol.